The molecule has 0 heterocycles. The van der Waals surface area contributed by atoms with Crippen LogP contribution in [0.5, 0.6) is 0 Å². The van der Waals surface area contributed by atoms with Crippen molar-refractivity contribution in [2.75, 3.05) is 0 Å². The molecule has 2 heteroatoms. The summed E-state index contributed by atoms with van der Waals surface area (Å²) >= 11 is 6.24. The Morgan fingerprint density at radius 2 is 1.80 bits per heavy atom. The van der Waals surface area contributed by atoms with Crippen molar-refractivity contribution >= 4 is 19.2 Å². The van der Waals surface area contributed by atoms with E-state index in [0.29, 0.717) is 5.04 Å². The van der Waals surface area contributed by atoms with Gasteiger partial charge in [0.05, 0.1) is 0 Å². The second-order valence-electron chi connectivity index (χ2n) is 3.76. The van der Waals surface area contributed by atoms with Gasteiger partial charge in [-0.3, -0.25) is 0 Å². The smallest absolute Gasteiger partial charge is 0.168 e. The maximum Gasteiger partial charge on any atom is 0.171 e. The lowest BCUT2D eigenvalue weighted by molar-refractivity contribution is 0.732. The molecule has 0 N–H and O–H groups in total. The first-order valence-electron chi connectivity index (χ1n) is 4.00. The Morgan fingerprint density at radius 1 is 1.30 bits per heavy atom. The first-order valence-corrected chi connectivity index (χ1v) is 6.72. The minimum atomic E-state index is -0.596. The van der Waals surface area contributed by atoms with Gasteiger partial charge >= 0.3 is 0 Å². The predicted octanol–water partition coefficient (Wildman–Crippen LogP) is 3.82. The molecular weight excluding hydrogens is 160 g/mol. The molecule has 0 aliphatic carbocycles. The van der Waals surface area contributed by atoms with E-state index >= 15 is 0 Å². The fourth-order valence-corrected chi connectivity index (χ4v) is 2.52. The van der Waals surface area contributed by atoms with Gasteiger partial charge in [0.15, 0.2) is 8.11 Å². The molecule has 0 unspecified atom stereocenters. The first kappa shape index (κ1) is 10.5. The van der Waals surface area contributed by atoms with Crippen molar-refractivity contribution in [2.45, 2.75) is 51.6 Å². The number of halogens is 1. The van der Waals surface area contributed by atoms with E-state index in [0.717, 1.165) is 0 Å². The van der Waals surface area contributed by atoms with Crippen molar-refractivity contribution in [3.63, 3.8) is 0 Å². The minimum absolute atomic E-state index is 0.376. The van der Waals surface area contributed by atoms with E-state index < -0.39 is 8.11 Å². The summed E-state index contributed by atoms with van der Waals surface area (Å²) in [5.41, 5.74) is 0. The lowest BCUT2D eigenvalue weighted by atomic mass is 10.2. The van der Waals surface area contributed by atoms with Gasteiger partial charge in [-0.15, -0.1) is 0 Å². The third-order valence-corrected chi connectivity index (χ3v) is 6.25. The first-order chi connectivity index (χ1) is 4.48. The van der Waals surface area contributed by atoms with Gasteiger partial charge in [-0.05, 0) is 11.1 Å². The van der Waals surface area contributed by atoms with E-state index in [1.165, 1.54) is 18.9 Å². The third kappa shape index (κ3) is 4.34. The molecule has 0 spiro atoms. The third-order valence-electron chi connectivity index (χ3n) is 1.56. The largest absolute Gasteiger partial charge is 0.171 e. The average Bonchev–Trinajstić information content (AvgIpc) is 1.80. The van der Waals surface area contributed by atoms with Crippen LogP contribution in [0.1, 0.15) is 40.5 Å². The summed E-state index contributed by atoms with van der Waals surface area (Å²) < 4.78 is 0. The SMILES string of the molecule is CCCC[Si](Cl)C(C)(C)C. The van der Waals surface area contributed by atoms with E-state index in [2.05, 4.69) is 27.7 Å². The summed E-state index contributed by atoms with van der Waals surface area (Å²) in [4.78, 5) is 0. The topological polar surface area (TPSA) is 0 Å². The average molecular weight is 178 g/mol. The molecule has 0 amide bonds. The van der Waals surface area contributed by atoms with Crippen molar-refractivity contribution in [1.82, 2.24) is 0 Å². The van der Waals surface area contributed by atoms with E-state index in [9.17, 15) is 0 Å². The second-order valence-corrected chi connectivity index (χ2v) is 7.94. The Morgan fingerprint density at radius 3 is 2.10 bits per heavy atom. The number of hydrogen-bond donors (Lipinski definition) is 0. The predicted molar refractivity (Wildman–Crippen MR) is 51.0 cm³/mol. The van der Waals surface area contributed by atoms with Crippen molar-refractivity contribution in [3.05, 3.63) is 0 Å². The van der Waals surface area contributed by atoms with Crippen LogP contribution < -0.4 is 0 Å². The van der Waals surface area contributed by atoms with Gasteiger partial charge in [0.1, 0.15) is 0 Å². The Balaban J connectivity index is 3.52. The monoisotopic (exact) mass is 177 g/mol. The highest BCUT2D eigenvalue weighted by Gasteiger charge is 2.23. The molecule has 61 valence electrons. The van der Waals surface area contributed by atoms with Crippen LogP contribution >= 0.6 is 11.1 Å². The highest BCUT2D eigenvalue weighted by molar-refractivity contribution is 7.08. The molecule has 0 aromatic rings. The molecule has 0 aliphatic rings. The molecule has 0 bridgehead atoms. The fraction of sp³-hybridized carbons (Fsp3) is 1.00. The number of hydrogen-bond acceptors (Lipinski definition) is 0. The lowest BCUT2D eigenvalue weighted by Gasteiger charge is -2.22. The van der Waals surface area contributed by atoms with Gasteiger partial charge in [-0.2, -0.15) is 11.1 Å². The maximum atomic E-state index is 6.24. The van der Waals surface area contributed by atoms with Gasteiger partial charge in [0.2, 0.25) is 0 Å². The van der Waals surface area contributed by atoms with Gasteiger partial charge in [-0.25, -0.2) is 0 Å². The standard InChI is InChI=1S/C8H18ClSi/c1-5-6-7-10(9)8(2,3)4/h5-7H2,1-4H3. The lowest BCUT2D eigenvalue weighted by Crippen LogP contribution is -2.18. The van der Waals surface area contributed by atoms with Gasteiger partial charge in [0.25, 0.3) is 0 Å². The summed E-state index contributed by atoms with van der Waals surface area (Å²) in [7, 11) is -0.596. The van der Waals surface area contributed by atoms with E-state index in [1.807, 2.05) is 0 Å². The van der Waals surface area contributed by atoms with Crippen LogP contribution in [0.2, 0.25) is 11.1 Å². The molecular formula is C8H18ClSi. The summed E-state index contributed by atoms with van der Waals surface area (Å²) in [6.45, 7) is 8.94. The fourth-order valence-electron chi connectivity index (χ4n) is 0.707. The molecule has 0 saturated carbocycles. The van der Waals surface area contributed by atoms with Crippen molar-refractivity contribution in [2.24, 2.45) is 0 Å². The van der Waals surface area contributed by atoms with Crippen LogP contribution in [-0.4, -0.2) is 8.11 Å². The normalized spacial score (nSPS) is 12.6. The van der Waals surface area contributed by atoms with E-state index in [-0.39, 0.29) is 0 Å². The number of rotatable bonds is 3. The van der Waals surface area contributed by atoms with Crippen LogP contribution in [0, 0.1) is 0 Å². The summed E-state index contributed by atoms with van der Waals surface area (Å²) in [6, 6.07) is 1.26. The zero-order valence-electron chi connectivity index (χ0n) is 7.50. The number of unbranched alkanes of at least 4 members (excludes halogenated alkanes) is 1. The van der Waals surface area contributed by atoms with Crippen LogP contribution in [-0.2, 0) is 0 Å². The van der Waals surface area contributed by atoms with Gasteiger partial charge in [-0.1, -0.05) is 40.5 Å². The van der Waals surface area contributed by atoms with Crippen LogP contribution in [0.4, 0.5) is 0 Å². The summed E-state index contributed by atoms with van der Waals surface area (Å²) in [5.74, 6) is 0. The molecule has 0 nitrogen and oxygen atoms in total. The highest BCUT2D eigenvalue weighted by Crippen LogP contribution is 2.32. The zero-order chi connectivity index (χ0) is 8.20. The molecule has 0 aliphatic heterocycles. The zero-order valence-corrected chi connectivity index (χ0v) is 9.26. The van der Waals surface area contributed by atoms with E-state index in [1.54, 1.807) is 0 Å². The molecule has 10 heavy (non-hydrogen) atoms. The Labute approximate surface area is 71.3 Å². The van der Waals surface area contributed by atoms with Crippen LogP contribution in [0.3, 0.4) is 0 Å². The molecule has 1 radical (unpaired) electrons. The van der Waals surface area contributed by atoms with Crippen molar-refractivity contribution in [3.8, 4) is 0 Å². The summed E-state index contributed by atoms with van der Waals surface area (Å²) in [5, 5.41) is 0.376. The Kier molecular flexibility index (Phi) is 4.62. The van der Waals surface area contributed by atoms with Gasteiger partial charge < -0.3 is 0 Å². The van der Waals surface area contributed by atoms with Crippen molar-refractivity contribution < 1.29 is 0 Å². The van der Waals surface area contributed by atoms with Crippen LogP contribution in [0.25, 0.3) is 0 Å². The van der Waals surface area contributed by atoms with E-state index in [4.69, 9.17) is 11.1 Å². The second kappa shape index (κ2) is 4.40. The molecule has 0 rings (SSSR count). The molecule has 0 aromatic heterocycles. The van der Waals surface area contributed by atoms with Crippen LogP contribution in [0.15, 0.2) is 0 Å². The Hall–Kier alpha value is 0.507. The van der Waals surface area contributed by atoms with Gasteiger partial charge in [0, 0.05) is 0 Å². The minimum Gasteiger partial charge on any atom is -0.168 e. The summed E-state index contributed by atoms with van der Waals surface area (Å²) in [6.07, 6.45) is 2.58. The van der Waals surface area contributed by atoms with Crippen molar-refractivity contribution in [1.29, 1.82) is 0 Å². The molecule has 0 atom stereocenters. The molecule has 0 aromatic carbocycles. The highest BCUT2D eigenvalue weighted by atomic mass is 35.6. The molecule has 0 saturated heterocycles. The quantitative estimate of drug-likeness (QED) is 0.454. The molecule has 0 fully saturated rings. The Bertz CT molecular complexity index is 85.7. The maximum absolute atomic E-state index is 6.24.